The molecular formula is C16H23ClN2O4S. The second-order valence-corrected chi connectivity index (χ2v) is 8.75. The van der Waals surface area contributed by atoms with Crippen LogP contribution in [0.4, 0.5) is 11.4 Å². The first kappa shape index (κ1) is 19.0. The van der Waals surface area contributed by atoms with Gasteiger partial charge in [0.2, 0.25) is 5.91 Å². The van der Waals surface area contributed by atoms with Crippen molar-refractivity contribution in [1.29, 1.82) is 0 Å². The second-order valence-electron chi connectivity index (χ2n) is 6.23. The molecule has 134 valence electrons. The van der Waals surface area contributed by atoms with E-state index in [9.17, 15) is 13.2 Å². The molecule has 1 aromatic rings. The van der Waals surface area contributed by atoms with Gasteiger partial charge in [-0.05, 0) is 18.1 Å². The summed E-state index contributed by atoms with van der Waals surface area (Å²) in [5.74, 6) is -1.10. The molecule has 6 nitrogen and oxygen atoms in total. The Bertz CT molecular complexity index is 685. The molecule has 1 N–H and O–H groups in total. The standard InChI is InChI=1S/C16H23ClN2O4S/c1-12(2)10-24(21,22)11-15(20)18-14-5-3-4-13(17)16(14)19-6-8-23-9-7-19/h3-5,12H,6-11H2,1-2H3,(H,18,20). The first-order chi connectivity index (χ1) is 11.3. The minimum Gasteiger partial charge on any atom is -0.378 e. The summed E-state index contributed by atoms with van der Waals surface area (Å²) in [6, 6.07) is 5.20. The first-order valence-electron chi connectivity index (χ1n) is 7.90. The van der Waals surface area contributed by atoms with Gasteiger partial charge in [-0.15, -0.1) is 0 Å². The van der Waals surface area contributed by atoms with Gasteiger partial charge in [-0.25, -0.2) is 8.42 Å². The molecule has 2 rings (SSSR count). The number of carbonyl (C=O) groups is 1. The number of benzene rings is 1. The van der Waals surface area contributed by atoms with Gasteiger partial charge < -0.3 is 15.0 Å². The molecule has 1 amide bonds. The fourth-order valence-corrected chi connectivity index (χ4v) is 4.58. The number of morpholine rings is 1. The number of para-hydroxylation sites is 1. The molecule has 0 atom stereocenters. The molecule has 0 spiro atoms. The minimum atomic E-state index is -3.43. The second kappa shape index (κ2) is 8.18. The van der Waals surface area contributed by atoms with Crippen molar-refractivity contribution >= 4 is 38.7 Å². The van der Waals surface area contributed by atoms with Gasteiger partial charge >= 0.3 is 0 Å². The highest BCUT2D eigenvalue weighted by atomic mass is 35.5. The summed E-state index contributed by atoms with van der Waals surface area (Å²) in [7, 11) is -3.43. The summed E-state index contributed by atoms with van der Waals surface area (Å²) < 4.78 is 29.3. The van der Waals surface area contributed by atoms with Gasteiger partial charge in [-0.3, -0.25) is 4.79 Å². The van der Waals surface area contributed by atoms with E-state index in [4.69, 9.17) is 16.3 Å². The van der Waals surface area contributed by atoms with E-state index < -0.39 is 21.5 Å². The lowest BCUT2D eigenvalue weighted by Gasteiger charge is -2.31. The number of amides is 1. The van der Waals surface area contributed by atoms with E-state index in [2.05, 4.69) is 5.32 Å². The molecule has 1 heterocycles. The Morgan fingerprint density at radius 1 is 1.33 bits per heavy atom. The number of carbonyl (C=O) groups excluding carboxylic acids is 1. The Kier molecular flexibility index (Phi) is 6.48. The largest absolute Gasteiger partial charge is 0.378 e. The highest BCUT2D eigenvalue weighted by Crippen LogP contribution is 2.34. The van der Waals surface area contributed by atoms with E-state index in [0.29, 0.717) is 42.7 Å². The summed E-state index contributed by atoms with van der Waals surface area (Å²) in [5.41, 5.74) is 1.23. The van der Waals surface area contributed by atoms with E-state index in [1.54, 1.807) is 18.2 Å². The van der Waals surface area contributed by atoms with Crippen molar-refractivity contribution in [3.63, 3.8) is 0 Å². The Morgan fingerprint density at radius 2 is 2.00 bits per heavy atom. The van der Waals surface area contributed by atoms with Gasteiger partial charge in [0, 0.05) is 13.1 Å². The van der Waals surface area contributed by atoms with Crippen LogP contribution in [-0.4, -0.2) is 52.1 Å². The molecule has 24 heavy (non-hydrogen) atoms. The monoisotopic (exact) mass is 374 g/mol. The smallest absolute Gasteiger partial charge is 0.239 e. The van der Waals surface area contributed by atoms with E-state index in [-0.39, 0.29) is 11.7 Å². The molecule has 1 aromatic carbocycles. The fourth-order valence-electron chi connectivity index (χ4n) is 2.68. The summed E-state index contributed by atoms with van der Waals surface area (Å²) in [6.07, 6.45) is 0. The predicted molar refractivity (Wildman–Crippen MR) is 96.6 cm³/mol. The third-order valence-electron chi connectivity index (χ3n) is 3.53. The normalized spacial score (nSPS) is 15.6. The topological polar surface area (TPSA) is 75.7 Å². The summed E-state index contributed by atoms with van der Waals surface area (Å²) >= 11 is 6.30. The van der Waals surface area contributed by atoms with Gasteiger partial charge in [-0.2, -0.15) is 0 Å². The van der Waals surface area contributed by atoms with Crippen molar-refractivity contribution in [1.82, 2.24) is 0 Å². The average molecular weight is 375 g/mol. The molecule has 0 saturated carbocycles. The maximum absolute atomic E-state index is 12.2. The molecule has 0 aromatic heterocycles. The van der Waals surface area contributed by atoms with Crippen LogP contribution in [0, 0.1) is 5.92 Å². The van der Waals surface area contributed by atoms with E-state index in [1.807, 2.05) is 18.7 Å². The minimum absolute atomic E-state index is 0.00765. The fraction of sp³-hybridized carbons (Fsp3) is 0.562. The van der Waals surface area contributed by atoms with Gasteiger partial charge in [0.1, 0.15) is 5.75 Å². The Hall–Kier alpha value is -1.31. The zero-order valence-corrected chi connectivity index (χ0v) is 15.5. The van der Waals surface area contributed by atoms with Gasteiger partial charge in [0.15, 0.2) is 9.84 Å². The quantitative estimate of drug-likeness (QED) is 0.826. The number of anilines is 2. The maximum Gasteiger partial charge on any atom is 0.239 e. The van der Waals surface area contributed by atoms with Gasteiger partial charge in [0.25, 0.3) is 0 Å². The maximum atomic E-state index is 12.2. The average Bonchev–Trinajstić information content (AvgIpc) is 2.46. The Morgan fingerprint density at radius 3 is 2.62 bits per heavy atom. The van der Waals surface area contributed by atoms with E-state index >= 15 is 0 Å². The lowest BCUT2D eigenvalue weighted by Crippen LogP contribution is -2.37. The van der Waals surface area contributed by atoms with Crippen molar-refractivity contribution in [2.24, 2.45) is 5.92 Å². The van der Waals surface area contributed by atoms with Crippen LogP contribution in [0.25, 0.3) is 0 Å². The number of hydrogen-bond acceptors (Lipinski definition) is 5. The zero-order chi connectivity index (χ0) is 17.7. The highest BCUT2D eigenvalue weighted by Gasteiger charge is 2.22. The molecule has 0 radical (unpaired) electrons. The van der Waals surface area contributed by atoms with Crippen LogP contribution in [0.15, 0.2) is 18.2 Å². The SMILES string of the molecule is CC(C)CS(=O)(=O)CC(=O)Nc1cccc(Cl)c1N1CCOCC1. The van der Waals surface area contributed by atoms with Crippen LogP contribution in [0.5, 0.6) is 0 Å². The molecule has 0 unspecified atom stereocenters. The van der Waals surface area contributed by atoms with Crippen LogP contribution in [0.3, 0.4) is 0 Å². The summed E-state index contributed by atoms with van der Waals surface area (Å²) in [6.45, 7) is 6.12. The van der Waals surface area contributed by atoms with Crippen molar-refractivity contribution in [3.05, 3.63) is 23.2 Å². The Labute approximate surface area is 148 Å². The molecule has 8 heteroatoms. The van der Waals surface area contributed by atoms with Gasteiger partial charge in [-0.1, -0.05) is 31.5 Å². The molecular weight excluding hydrogens is 352 g/mol. The molecule has 0 aliphatic carbocycles. The number of nitrogens with zero attached hydrogens (tertiary/aromatic N) is 1. The molecule has 1 aliphatic rings. The third-order valence-corrected chi connectivity index (χ3v) is 5.71. The number of ether oxygens (including phenoxy) is 1. The van der Waals surface area contributed by atoms with Crippen molar-refractivity contribution in [2.75, 3.05) is 48.0 Å². The lowest BCUT2D eigenvalue weighted by molar-refractivity contribution is -0.113. The van der Waals surface area contributed by atoms with Crippen LogP contribution in [-0.2, 0) is 19.4 Å². The Balaban J connectivity index is 2.14. The predicted octanol–water partition coefficient (Wildman–Crippen LogP) is 2.19. The van der Waals surface area contributed by atoms with Crippen LogP contribution >= 0.6 is 11.6 Å². The van der Waals surface area contributed by atoms with Crippen LogP contribution in [0.2, 0.25) is 5.02 Å². The van der Waals surface area contributed by atoms with Crippen LogP contribution < -0.4 is 10.2 Å². The van der Waals surface area contributed by atoms with E-state index in [0.717, 1.165) is 0 Å². The van der Waals surface area contributed by atoms with Gasteiger partial charge in [0.05, 0.1) is 35.4 Å². The number of sulfone groups is 1. The number of rotatable bonds is 6. The third kappa shape index (κ3) is 5.36. The molecule has 1 aliphatic heterocycles. The van der Waals surface area contributed by atoms with E-state index in [1.165, 1.54) is 0 Å². The first-order valence-corrected chi connectivity index (χ1v) is 10.1. The van der Waals surface area contributed by atoms with Crippen LogP contribution in [0.1, 0.15) is 13.8 Å². The lowest BCUT2D eigenvalue weighted by atomic mass is 10.2. The zero-order valence-electron chi connectivity index (χ0n) is 13.9. The van der Waals surface area contributed by atoms with Crippen molar-refractivity contribution in [2.45, 2.75) is 13.8 Å². The number of halogens is 1. The summed E-state index contributed by atoms with van der Waals surface area (Å²) in [5, 5.41) is 3.21. The number of hydrogen-bond donors (Lipinski definition) is 1. The molecule has 0 bridgehead atoms. The molecule has 1 fully saturated rings. The molecule has 1 saturated heterocycles. The van der Waals surface area contributed by atoms with Crippen molar-refractivity contribution in [3.8, 4) is 0 Å². The number of nitrogens with one attached hydrogen (secondary N) is 1. The highest BCUT2D eigenvalue weighted by molar-refractivity contribution is 7.92. The summed E-state index contributed by atoms with van der Waals surface area (Å²) in [4.78, 5) is 14.2. The van der Waals surface area contributed by atoms with Crippen molar-refractivity contribution < 1.29 is 17.9 Å².